The highest BCUT2D eigenvalue weighted by Crippen LogP contribution is 2.16. The van der Waals surface area contributed by atoms with Crippen molar-refractivity contribution in [1.82, 2.24) is 0 Å². The van der Waals surface area contributed by atoms with Crippen molar-refractivity contribution in [3.05, 3.63) is 0 Å². The van der Waals surface area contributed by atoms with E-state index < -0.39 is 5.97 Å². The Labute approximate surface area is 91.3 Å². The molecule has 0 aliphatic heterocycles. The first-order valence-electron chi connectivity index (χ1n) is 5.35. The molecule has 0 unspecified atom stereocenters. The van der Waals surface area contributed by atoms with Crippen molar-refractivity contribution < 1.29 is 24.1 Å². The Balaban J connectivity index is 4.18. The zero-order valence-electron chi connectivity index (χ0n) is 9.82. The molecule has 0 bridgehead atoms. The molecule has 0 saturated heterocycles. The average Bonchev–Trinajstić information content (AvgIpc) is 2.19. The summed E-state index contributed by atoms with van der Waals surface area (Å²) in [6.07, 6.45) is 0. The molecule has 0 aromatic rings. The maximum atomic E-state index is 8.61. The van der Waals surface area contributed by atoms with Gasteiger partial charge in [-0.05, 0) is 20.8 Å². The molecule has 15 heavy (non-hydrogen) atoms. The van der Waals surface area contributed by atoms with Crippen LogP contribution in [-0.2, 0) is 18.9 Å². The van der Waals surface area contributed by atoms with Gasteiger partial charge in [-0.1, -0.05) is 0 Å². The van der Waals surface area contributed by atoms with E-state index in [9.17, 15) is 0 Å². The molecule has 0 aliphatic carbocycles. The Bertz CT molecular complexity index is 123. The van der Waals surface area contributed by atoms with E-state index in [0.29, 0.717) is 19.8 Å². The van der Waals surface area contributed by atoms with Crippen molar-refractivity contribution in [2.45, 2.75) is 26.7 Å². The summed E-state index contributed by atoms with van der Waals surface area (Å²) >= 11 is 0. The fourth-order valence-electron chi connectivity index (χ4n) is 1.17. The van der Waals surface area contributed by atoms with E-state index in [4.69, 9.17) is 24.1 Å². The molecule has 0 aromatic heterocycles. The van der Waals surface area contributed by atoms with E-state index >= 15 is 0 Å². The summed E-state index contributed by atoms with van der Waals surface area (Å²) in [5.41, 5.74) is 0. The highest BCUT2D eigenvalue weighted by molar-refractivity contribution is 4.56. The number of aliphatic hydroxyl groups excluding tert-OH is 1. The minimum absolute atomic E-state index is 0.0273. The van der Waals surface area contributed by atoms with E-state index in [-0.39, 0.29) is 19.8 Å². The molecule has 0 aromatic carbocycles. The van der Waals surface area contributed by atoms with Crippen LogP contribution >= 0.6 is 0 Å². The Morgan fingerprint density at radius 2 is 1.40 bits per heavy atom. The Kier molecular flexibility index (Phi) is 8.94. The average molecular weight is 222 g/mol. The van der Waals surface area contributed by atoms with E-state index in [1.807, 2.05) is 20.8 Å². The number of hydrogen-bond donors (Lipinski definition) is 1. The summed E-state index contributed by atoms with van der Waals surface area (Å²) < 4.78 is 21.4. The molecule has 5 heteroatoms. The van der Waals surface area contributed by atoms with Gasteiger partial charge in [-0.2, -0.15) is 0 Å². The van der Waals surface area contributed by atoms with Gasteiger partial charge < -0.3 is 24.1 Å². The van der Waals surface area contributed by atoms with Crippen LogP contribution in [0.25, 0.3) is 0 Å². The number of ether oxygens (including phenoxy) is 4. The fraction of sp³-hybridized carbons (Fsp3) is 1.00. The van der Waals surface area contributed by atoms with Gasteiger partial charge in [0, 0.05) is 19.8 Å². The first kappa shape index (κ1) is 14.8. The van der Waals surface area contributed by atoms with Crippen molar-refractivity contribution in [2.24, 2.45) is 0 Å². The lowest BCUT2D eigenvalue weighted by molar-refractivity contribution is -0.391. The largest absolute Gasteiger partial charge is 0.394 e. The molecule has 0 rings (SSSR count). The van der Waals surface area contributed by atoms with Crippen LogP contribution in [0.1, 0.15) is 20.8 Å². The predicted molar refractivity (Wildman–Crippen MR) is 55.5 cm³/mol. The van der Waals surface area contributed by atoms with E-state index in [0.717, 1.165) is 0 Å². The van der Waals surface area contributed by atoms with Crippen molar-refractivity contribution in [2.75, 3.05) is 39.6 Å². The third kappa shape index (κ3) is 6.06. The molecule has 5 nitrogen and oxygen atoms in total. The van der Waals surface area contributed by atoms with Crippen LogP contribution in [0.15, 0.2) is 0 Å². The zero-order valence-corrected chi connectivity index (χ0v) is 9.82. The van der Waals surface area contributed by atoms with Crippen molar-refractivity contribution >= 4 is 0 Å². The van der Waals surface area contributed by atoms with Crippen LogP contribution in [0.4, 0.5) is 0 Å². The van der Waals surface area contributed by atoms with Gasteiger partial charge in [0.25, 0.3) is 0 Å². The van der Waals surface area contributed by atoms with Crippen LogP contribution < -0.4 is 0 Å². The molecule has 0 heterocycles. The SMILES string of the molecule is CCOC(COCCO)(OCC)OCC. The van der Waals surface area contributed by atoms with E-state index in [1.54, 1.807) is 0 Å². The second-order valence-corrected chi connectivity index (χ2v) is 2.76. The lowest BCUT2D eigenvalue weighted by atomic mass is 10.5. The monoisotopic (exact) mass is 222 g/mol. The fourth-order valence-corrected chi connectivity index (χ4v) is 1.17. The smallest absolute Gasteiger partial charge is 0.307 e. The maximum absolute atomic E-state index is 8.61. The quantitative estimate of drug-likeness (QED) is 0.437. The number of aliphatic hydroxyl groups is 1. The topological polar surface area (TPSA) is 57.2 Å². The highest BCUT2D eigenvalue weighted by atomic mass is 16.9. The molecular weight excluding hydrogens is 200 g/mol. The van der Waals surface area contributed by atoms with Gasteiger partial charge in [-0.15, -0.1) is 0 Å². The molecule has 0 aliphatic rings. The van der Waals surface area contributed by atoms with Crippen molar-refractivity contribution in [1.29, 1.82) is 0 Å². The van der Waals surface area contributed by atoms with Gasteiger partial charge in [-0.25, -0.2) is 0 Å². The van der Waals surface area contributed by atoms with Crippen LogP contribution in [0.5, 0.6) is 0 Å². The van der Waals surface area contributed by atoms with Crippen molar-refractivity contribution in [3.8, 4) is 0 Å². The molecule has 0 spiro atoms. The third-order valence-electron chi connectivity index (χ3n) is 1.61. The lowest BCUT2D eigenvalue weighted by Gasteiger charge is -2.31. The normalized spacial score (nSPS) is 12.0. The molecule has 0 amide bonds. The molecule has 0 saturated carbocycles. The molecule has 92 valence electrons. The Morgan fingerprint density at radius 1 is 0.933 bits per heavy atom. The predicted octanol–water partition coefficient (Wildman–Crippen LogP) is 0.759. The second-order valence-electron chi connectivity index (χ2n) is 2.76. The molecule has 0 fully saturated rings. The van der Waals surface area contributed by atoms with Gasteiger partial charge in [0.05, 0.1) is 13.2 Å². The summed E-state index contributed by atoms with van der Waals surface area (Å²) in [5, 5.41) is 8.61. The third-order valence-corrected chi connectivity index (χ3v) is 1.61. The summed E-state index contributed by atoms with van der Waals surface area (Å²) in [6, 6.07) is 0. The highest BCUT2D eigenvalue weighted by Gasteiger charge is 2.32. The van der Waals surface area contributed by atoms with Crippen LogP contribution in [0.3, 0.4) is 0 Å². The zero-order chi connectivity index (χ0) is 11.6. The molecule has 0 atom stereocenters. The van der Waals surface area contributed by atoms with Crippen LogP contribution in [0.2, 0.25) is 0 Å². The number of hydrogen-bond acceptors (Lipinski definition) is 5. The van der Waals surface area contributed by atoms with Crippen LogP contribution in [0, 0.1) is 0 Å². The first-order valence-corrected chi connectivity index (χ1v) is 5.35. The van der Waals surface area contributed by atoms with Crippen molar-refractivity contribution in [3.63, 3.8) is 0 Å². The standard InChI is InChI=1S/C10H22O5/c1-4-13-10(14-5-2,15-6-3)9-12-8-7-11/h11H,4-9H2,1-3H3. The summed E-state index contributed by atoms with van der Waals surface area (Å²) in [4.78, 5) is 0. The first-order chi connectivity index (χ1) is 7.24. The molecular formula is C10H22O5. The Morgan fingerprint density at radius 3 is 1.73 bits per heavy atom. The summed E-state index contributed by atoms with van der Waals surface area (Å²) in [5.74, 6) is -1.13. The summed E-state index contributed by atoms with van der Waals surface area (Å²) in [6.45, 7) is 7.38. The number of rotatable bonds is 10. The van der Waals surface area contributed by atoms with Gasteiger partial charge >= 0.3 is 5.97 Å². The van der Waals surface area contributed by atoms with Gasteiger partial charge in [0.1, 0.15) is 6.61 Å². The second kappa shape index (κ2) is 9.06. The maximum Gasteiger partial charge on any atom is 0.307 e. The van der Waals surface area contributed by atoms with Gasteiger partial charge in [0.2, 0.25) is 0 Å². The van der Waals surface area contributed by atoms with E-state index in [1.165, 1.54) is 0 Å². The molecule has 1 N–H and O–H groups in total. The van der Waals surface area contributed by atoms with E-state index in [2.05, 4.69) is 0 Å². The molecule has 0 radical (unpaired) electrons. The van der Waals surface area contributed by atoms with Crippen LogP contribution in [-0.4, -0.2) is 50.7 Å². The summed E-state index contributed by atoms with van der Waals surface area (Å²) in [7, 11) is 0. The minimum Gasteiger partial charge on any atom is -0.394 e. The Hall–Kier alpha value is -0.200. The van der Waals surface area contributed by atoms with Gasteiger partial charge in [0.15, 0.2) is 0 Å². The van der Waals surface area contributed by atoms with Gasteiger partial charge in [-0.3, -0.25) is 0 Å². The minimum atomic E-state index is -1.13. The lowest BCUT2D eigenvalue weighted by Crippen LogP contribution is -2.44.